The van der Waals surface area contributed by atoms with Gasteiger partial charge in [0.25, 0.3) is 5.91 Å². The second-order valence-electron chi connectivity index (χ2n) is 5.91. The maximum absolute atomic E-state index is 12.2. The average Bonchev–Trinajstić information content (AvgIpc) is 2.71. The number of hydrogen-bond acceptors (Lipinski definition) is 6. The summed E-state index contributed by atoms with van der Waals surface area (Å²) in [4.78, 5) is 36.2. The minimum atomic E-state index is -0.542. The minimum Gasteiger partial charge on any atom is -0.452 e. The highest BCUT2D eigenvalue weighted by Crippen LogP contribution is 2.13. The van der Waals surface area contributed by atoms with Crippen LogP contribution in [0.5, 0.6) is 0 Å². The summed E-state index contributed by atoms with van der Waals surface area (Å²) in [6.07, 6.45) is 6.36. The molecule has 7 nitrogen and oxygen atoms in total. The molecule has 0 unspecified atom stereocenters. The van der Waals surface area contributed by atoms with Crippen LogP contribution < -0.4 is 4.90 Å². The lowest BCUT2D eigenvalue weighted by atomic mass is 10.2. The van der Waals surface area contributed by atoms with E-state index in [1.54, 1.807) is 29.4 Å². The molecule has 0 bridgehead atoms. The van der Waals surface area contributed by atoms with Crippen molar-refractivity contribution in [3.05, 3.63) is 58.8 Å². The van der Waals surface area contributed by atoms with Crippen LogP contribution in [0.4, 0.5) is 5.95 Å². The Morgan fingerprint density at radius 1 is 1.11 bits per heavy atom. The molecule has 1 aromatic heterocycles. The van der Waals surface area contributed by atoms with Gasteiger partial charge >= 0.3 is 5.97 Å². The van der Waals surface area contributed by atoms with E-state index in [1.807, 2.05) is 29.2 Å². The fourth-order valence-electron chi connectivity index (χ4n) is 2.66. The van der Waals surface area contributed by atoms with E-state index in [2.05, 4.69) is 25.9 Å². The summed E-state index contributed by atoms with van der Waals surface area (Å²) in [5.41, 5.74) is 0.868. The first kappa shape index (κ1) is 19.0. The highest BCUT2D eigenvalue weighted by Gasteiger charge is 2.22. The molecular formula is C19H19BrN4O3. The van der Waals surface area contributed by atoms with Crippen molar-refractivity contribution in [3.63, 3.8) is 0 Å². The minimum absolute atomic E-state index is 0.201. The summed E-state index contributed by atoms with van der Waals surface area (Å²) in [5.74, 6) is -0.0822. The molecule has 0 radical (unpaired) electrons. The zero-order valence-corrected chi connectivity index (χ0v) is 16.2. The second kappa shape index (κ2) is 9.27. The second-order valence-corrected chi connectivity index (χ2v) is 6.83. The Kier molecular flexibility index (Phi) is 6.54. The molecule has 0 aliphatic carbocycles. The first-order chi connectivity index (χ1) is 13.1. The molecule has 140 valence electrons. The lowest BCUT2D eigenvalue weighted by Crippen LogP contribution is -2.50. The van der Waals surface area contributed by atoms with Crippen LogP contribution in [0.25, 0.3) is 6.08 Å². The molecule has 1 saturated heterocycles. The number of hydrogen-bond donors (Lipinski definition) is 0. The Hall–Kier alpha value is -2.74. The van der Waals surface area contributed by atoms with Gasteiger partial charge in [0.2, 0.25) is 5.95 Å². The van der Waals surface area contributed by atoms with Gasteiger partial charge in [0.1, 0.15) is 0 Å². The largest absolute Gasteiger partial charge is 0.452 e. The van der Waals surface area contributed by atoms with Crippen molar-refractivity contribution in [1.82, 2.24) is 14.9 Å². The molecule has 0 saturated carbocycles. The zero-order chi connectivity index (χ0) is 19.1. The Labute approximate surface area is 165 Å². The number of carbonyl (C=O) groups excluding carboxylic acids is 2. The van der Waals surface area contributed by atoms with Crippen LogP contribution in [-0.4, -0.2) is 59.5 Å². The van der Waals surface area contributed by atoms with Crippen molar-refractivity contribution >= 4 is 39.8 Å². The summed E-state index contributed by atoms with van der Waals surface area (Å²) < 4.78 is 5.98. The predicted octanol–water partition coefficient (Wildman–Crippen LogP) is 2.14. The number of rotatable bonds is 5. The van der Waals surface area contributed by atoms with E-state index in [0.29, 0.717) is 32.1 Å². The van der Waals surface area contributed by atoms with Crippen LogP contribution in [-0.2, 0) is 14.3 Å². The normalized spacial score (nSPS) is 14.4. The number of ether oxygens (including phenoxy) is 1. The number of halogens is 1. The summed E-state index contributed by atoms with van der Waals surface area (Å²) >= 11 is 3.37. The smallest absolute Gasteiger partial charge is 0.331 e. The summed E-state index contributed by atoms with van der Waals surface area (Å²) in [7, 11) is 0. The van der Waals surface area contributed by atoms with E-state index in [1.165, 1.54) is 6.08 Å². The molecule has 3 rings (SSSR count). The van der Waals surface area contributed by atoms with Gasteiger partial charge in [-0.2, -0.15) is 0 Å². The Bertz CT molecular complexity index is 821. The molecule has 27 heavy (non-hydrogen) atoms. The standard InChI is InChI=1S/C19H19BrN4O3/c20-16-4-1-3-15(13-16)5-6-18(26)27-14-17(25)23-9-11-24(12-10-23)19-21-7-2-8-22-19/h1-8,13H,9-12,14H2/b6-5+. The Balaban J connectivity index is 1.42. The van der Waals surface area contributed by atoms with Crippen LogP contribution in [0.2, 0.25) is 0 Å². The Morgan fingerprint density at radius 3 is 2.56 bits per heavy atom. The van der Waals surface area contributed by atoms with Gasteiger partial charge in [0.05, 0.1) is 0 Å². The van der Waals surface area contributed by atoms with Crippen LogP contribution in [0.15, 0.2) is 53.3 Å². The van der Waals surface area contributed by atoms with Gasteiger partial charge in [-0.3, -0.25) is 4.79 Å². The number of amides is 1. The van der Waals surface area contributed by atoms with Crippen LogP contribution in [0.1, 0.15) is 5.56 Å². The molecule has 1 aliphatic heterocycles. The third kappa shape index (κ3) is 5.62. The SMILES string of the molecule is O=C(/C=C/c1cccc(Br)c1)OCC(=O)N1CCN(c2ncccn2)CC1. The molecule has 8 heteroatoms. The van der Waals surface area contributed by atoms with Gasteiger partial charge in [-0.1, -0.05) is 28.1 Å². The number of esters is 1. The highest BCUT2D eigenvalue weighted by molar-refractivity contribution is 9.10. The lowest BCUT2D eigenvalue weighted by Gasteiger charge is -2.34. The van der Waals surface area contributed by atoms with Gasteiger partial charge in [-0.05, 0) is 29.8 Å². The summed E-state index contributed by atoms with van der Waals surface area (Å²) in [6, 6.07) is 9.29. The maximum atomic E-state index is 12.2. The van der Waals surface area contributed by atoms with E-state index < -0.39 is 5.97 Å². The molecule has 2 heterocycles. The van der Waals surface area contributed by atoms with Crippen molar-refractivity contribution in [3.8, 4) is 0 Å². The molecule has 1 amide bonds. The molecule has 1 aliphatic rings. The predicted molar refractivity (Wildman–Crippen MR) is 105 cm³/mol. The number of benzene rings is 1. The third-order valence-electron chi connectivity index (χ3n) is 4.07. The summed E-state index contributed by atoms with van der Waals surface area (Å²) in [5, 5.41) is 0. The maximum Gasteiger partial charge on any atom is 0.331 e. The number of aromatic nitrogens is 2. The molecule has 0 spiro atoms. The van der Waals surface area contributed by atoms with Crippen molar-refractivity contribution in [1.29, 1.82) is 0 Å². The fourth-order valence-corrected chi connectivity index (χ4v) is 3.07. The van der Waals surface area contributed by atoms with Gasteiger partial charge < -0.3 is 14.5 Å². The van der Waals surface area contributed by atoms with E-state index in [0.717, 1.165) is 10.0 Å². The van der Waals surface area contributed by atoms with Crippen LogP contribution in [0.3, 0.4) is 0 Å². The zero-order valence-electron chi connectivity index (χ0n) is 14.6. The molecule has 2 aromatic rings. The Morgan fingerprint density at radius 2 is 1.85 bits per heavy atom. The first-order valence-corrected chi connectivity index (χ1v) is 9.31. The summed E-state index contributed by atoms with van der Waals surface area (Å²) in [6.45, 7) is 2.12. The number of nitrogens with zero attached hydrogens (tertiary/aromatic N) is 4. The molecule has 0 atom stereocenters. The van der Waals surface area contributed by atoms with Gasteiger partial charge in [0.15, 0.2) is 6.61 Å². The van der Waals surface area contributed by atoms with Gasteiger partial charge in [-0.15, -0.1) is 0 Å². The number of piperazine rings is 1. The van der Waals surface area contributed by atoms with E-state index in [9.17, 15) is 9.59 Å². The average molecular weight is 431 g/mol. The molecular weight excluding hydrogens is 412 g/mol. The quantitative estimate of drug-likeness (QED) is 0.534. The van der Waals surface area contributed by atoms with Crippen LogP contribution in [0, 0.1) is 0 Å². The number of carbonyl (C=O) groups is 2. The van der Waals surface area contributed by atoms with Crippen molar-refractivity contribution < 1.29 is 14.3 Å². The van der Waals surface area contributed by atoms with E-state index in [4.69, 9.17) is 4.74 Å². The van der Waals surface area contributed by atoms with E-state index in [-0.39, 0.29) is 12.5 Å². The van der Waals surface area contributed by atoms with Gasteiger partial charge in [0, 0.05) is 49.1 Å². The number of anilines is 1. The first-order valence-electron chi connectivity index (χ1n) is 8.52. The van der Waals surface area contributed by atoms with Crippen molar-refractivity contribution in [2.45, 2.75) is 0 Å². The molecule has 1 fully saturated rings. The fraction of sp³-hybridized carbons (Fsp3) is 0.263. The van der Waals surface area contributed by atoms with Crippen LogP contribution >= 0.6 is 15.9 Å². The lowest BCUT2D eigenvalue weighted by molar-refractivity contribution is -0.148. The highest BCUT2D eigenvalue weighted by atomic mass is 79.9. The molecule has 1 aromatic carbocycles. The van der Waals surface area contributed by atoms with Gasteiger partial charge in [-0.25, -0.2) is 14.8 Å². The third-order valence-corrected chi connectivity index (χ3v) is 4.56. The van der Waals surface area contributed by atoms with Crippen molar-refractivity contribution in [2.24, 2.45) is 0 Å². The van der Waals surface area contributed by atoms with E-state index >= 15 is 0 Å². The van der Waals surface area contributed by atoms with Crippen molar-refractivity contribution in [2.75, 3.05) is 37.7 Å². The molecule has 0 N–H and O–H groups in total. The monoisotopic (exact) mass is 430 g/mol. The topological polar surface area (TPSA) is 75.6 Å².